The number of amidine groups is 1. The lowest BCUT2D eigenvalue weighted by Gasteiger charge is -2.11. The predicted octanol–water partition coefficient (Wildman–Crippen LogP) is 0.535. The molecular weight excluding hydrogens is 166 g/mol. The summed E-state index contributed by atoms with van der Waals surface area (Å²) in [6, 6.07) is 0. The molecule has 0 saturated heterocycles. The van der Waals surface area contributed by atoms with Crippen LogP contribution in [0.4, 0.5) is 5.82 Å². The van der Waals surface area contributed by atoms with Crippen molar-refractivity contribution in [3.63, 3.8) is 0 Å². The first-order valence-electron chi connectivity index (χ1n) is 4.34. The number of rotatable bonds is 0. The van der Waals surface area contributed by atoms with Crippen molar-refractivity contribution < 1.29 is 0 Å². The minimum Gasteiger partial charge on any atom is -0.382 e. The van der Waals surface area contributed by atoms with Crippen molar-refractivity contribution in [2.45, 2.75) is 13.8 Å². The molecule has 72 valence electrons. The van der Waals surface area contributed by atoms with Crippen molar-refractivity contribution in [3.05, 3.63) is 12.0 Å². The molecule has 0 atom stereocenters. The first-order chi connectivity index (χ1) is 6.29. The maximum absolute atomic E-state index is 5.59. The molecule has 0 aromatic carbocycles. The molecule has 0 bridgehead atoms. The summed E-state index contributed by atoms with van der Waals surface area (Å²) in [5.41, 5.74) is 6.34. The van der Waals surface area contributed by atoms with Crippen molar-refractivity contribution >= 4 is 11.7 Å². The third-order valence-electron chi connectivity index (χ3n) is 1.68. The molecular formula is C8H15N5. The van der Waals surface area contributed by atoms with Gasteiger partial charge in [-0.25, -0.2) is 9.98 Å². The fourth-order valence-electron chi connectivity index (χ4n) is 1.10. The Labute approximate surface area is 77.7 Å². The van der Waals surface area contributed by atoms with Crippen LogP contribution in [0.3, 0.4) is 0 Å². The van der Waals surface area contributed by atoms with E-state index < -0.39 is 0 Å². The lowest BCUT2D eigenvalue weighted by molar-refractivity contribution is 0.902. The van der Waals surface area contributed by atoms with E-state index in [9.17, 15) is 0 Å². The number of fused-ring (bicyclic) bond motifs is 1. The van der Waals surface area contributed by atoms with Crippen molar-refractivity contribution in [1.29, 1.82) is 0 Å². The highest BCUT2D eigenvalue weighted by Gasteiger charge is 2.14. The van der Waals surface area contributed by atoms with E-state index in [0.29, 0.717) is 12.5 Å². The van der Waals surface area contributed by atoms with E-state index in [1.165, 1.54) is 0 Å². The number of nitrogens with one attached hydrogen (secondary N) is 1. The van der Waals surface area contributed by atoms with Crippen LogP contribution in [0.5, 0.6) is 0 Å². The van der Waals surface area contributed by atoms with Gasteiger partial charge in [0.15, 0.2) is 0 Å². The van der Waals surface area contributed by atoms with Gasteiger partial charge in [-0.1, -0.05) is 13.8 Å². The molecule has 5 heteroatoms. The summed E-state index contributed by atoms with van der Waals surface area (Å²) in [5, 5.41) is 3.07. The van der Waals surface area contributed by atoms with Crippen LogP contribution in [0.2, 0.25) is 0 Å². The molecule has 1 aliphatic rings. The first kappa shape index (κ1) is 9.57. The highest BCUT2D eigenvalue weighted by atomic mass is 15.2. The van der Waals surface area contributed by atoms with Crippen molar-refractivity contribution in [2.24, 2.45) is 17.8 Å². The van der Waals surface area contributed by atoms with Crippen LogP contribution in [-0.4, -0.2) is 22.1 Å². The molecule has 5 nitrogen and oxygen atoms in total. The van der Waals surface area contributed by atoms with Gasteiger partial charge in [0.05, 0.1) is 6.33 Å². The highest BCUT2D eigenvalue weighted by Crippen LogP contribution is 2.14. The highest BCUT2D eigenvalue weighted by molar-refractivity contribution is 6.01. The summed E-state index contributed by atoms with van der Waals surface area (Å²) < 4.78 is 1.89. The van der Waals surface area contributed by atoms with Gasteiger partial charge in [-0.15, -0.1) is 0 Å². The molecule has 0 saturated carbocycles. The number of nitrogens with zero attached hydrogens (tertiary/aromatic N) is 3. The van der Waals surface area contributed by atoms with Crippen LogP contribution in [0.1, 0.15) is 19.5 Å². The number of hydrogen-bond acceptors (Lipinski definition) is 4. The molecule has 0 fully saturated rings. The molecule has 0 unspecified atom stereocenters. The average molecular weight is 181 g/mol. The minimum atomic E-state index is 0.513. The van der Waals surface area contributed by atoms with E-state index in [1.807, 2.05) is 25.5 Å². The van der Waals surface area contributed by atoms with Gasteiger partial charge in [0.25, 0.3) is 0 Å². The Balaban J connectivity index is 0.000000396. The largest absolute Gasteiger partial charge is 0.382 e. The predicted molar refractivity (Wildman–Crippen MR) is 53.8 cm³/mol. The van der Waals surface area contributed by atoms with Crippen molar-refractivity contribution in [3.8, 4) is 0 Å². The van der Waals surface area contributed by atoms with Gasteiger partial charge >= 0.3 is 0 Å². The van der Waals surface area contributed by atoms with Crippen LogP contribution in [0.15, 0.2) is 11.3 Å². The van der Waals surface area contributed by atoms with E-state index in [1.54, 1.807) is 6.33 Å². The van der Waals surface area contributed by atoms with E-state index in [-0.39, 0.29) is 0 Å². The van der Waals surface area contributed by atoms with Crippen molar-refractivity contribution in [1.82, 2.24) is 9.55 Å². The molecule has 0 radical (unpaired) electrons. The summed E-state index contributed by atoms with van der Waals surface area (Å²) in [4.78, 5) is 8.07. The smallest absolute Gasteiger partial charge is 0.150 e. The van der Waals surface area contributed by atoms with Gasteiger partial charge in [-0.05, 0) is 0 Å². The summed E-state index contributed by atoms with van der Waals surface area (Å²) in [7, 11) is 1.91. The fourth-order valence-corrected chi connectivity index (χ4v) is 1.10. The molecule has 2 heterocycles. The zero-order chi connectivity index (χ0) is 9.84. The molecule has 0 spiro atoms. The van der Waals surface area contributed by atoms with Gasteiger partial charge in [0.1, 0.15) is 24.0 Å². The number of nitrogens with two attached hydrogens (primary N) is 1. The minimum absolute atomic E-state index is 0.513. The van der Waals surface area contributed by atoms with Gasteiger partial charge in [0.2, 0.25) is 0 Å². The number of hydrogen-bond donors (Lipinski definition) is 2. The second kappa shape index (κ2) is 3.93. The molecule has 1 aromatic rings. The van der Waals surface area contributed by atoms with Crippen LogP contribution < -0.4 is 11.1 Å². The molecule has 3 N–H and O–H groups in total. The second-order valence-corrected chi connectivity index (χ2v) is 2.43. The van der Waals surface area contributed by atoms with E-state index in [2.05, 4.69) is 15.3 Å². The maximum atomic E-state index is 5.59. The lowest BCUT2D eigenvalue weighted by atomic mass is 10.3. The number of anilines is 1. The van der Waals surface area contributed by atoms with Crippen LogP contribution in [-0.2, 0) is 7.05 Å². The summed E-state index contributed by atoms with van der Waals surface area (Å²) in [6.45, 7) is 4.54. The van der Waals surface area contributed by atoms with Crippen LogP contribution in [0.25, 0.3) is 0 Å². The Hall–Kier alpha value is -1.52. The Kier molecular flexibility index (Phi) is 2.89. The van der Waals surface area contributed by atoms with Gasteiger partial charge in [-0.2, -0.15) is 0 Å². The number of aromatic nitrogens is 2. The van der Waals surface area contributed by atoms with E-state index >= 15 is 0 Å². The van der Waals surface area contributed by atoms with Crippen molar-refractivity contribution in [2.75, 3.05) is 12.0 Å². The van der Waals surface area contributed by atoms with Gasteiger partial charge in [0, 0.05) is 7.05 Å². The Morgan fingerprint density at radius 3 is 2.85 bits per heavy atom. The topological polar surface area (TPSA) is 68.2 Å². The monoisotopic (exact) mass is 181 g/mol. The Bertz CT molecular complexity index is 312. The van der Waals surface area contributed by atoms with Crippen LogP contribution in [0, 0.1) is 0 Å². The first-order valence-corrected chi connectivity index (χ1v) is 4.34. The molecule has 0 aliphatic carbocycles. The summed E-state index contributed by atoms with van der Waals surface area (Å²) in [5.74, 6) is 1.46. The standard InChI is InChI=1S/C6H9N5.C2H6/c1-11-3-10-4-5(7)8-2-9-6(4)11;1-2/h3,9H,2H2,1H3,(H2,7,8);1-2H3. The zero-order valence-electron chi connectivity index (χ0n) is 8.20. The van der Waals surface area contributed by atoms with Gasteiger partial charge < -0.3 is 15.6 Å². The molecule has 0 amide bonds. The summed E-state index contributed by atoms with van der Waals surface area (Å²) >= 11 is 0. The zero-order valence-corrected chi connectivity index (χ0v) is 8.20. The summed E-state index contributed by atoms with van der Waals surface area (Å²) in [6.07, 6.45) is 1.71. The van der Waals surface area contributed by atoms with E-state index in [0.717, 1.165) is 11.5 Å². The molecule has 13 heavy (non-hydrogen) atoms. The normalized spacial score (nSPS) is 13.3. The van der Waals surface area contributed by atoms with Gasteiger partial charge in [-0.3, -0.25) is 0 Å². The third kappa shape index (κ3) is 1.63. The SMILES string of the molecule is CC.Cn1cnc2c1NCN=C2N. The number of aliphatic imine (C=N–C) groups is 1. The quantitative estimate of drug-likeness (QED) is 0.613. The van der Waals surface area contributed by atoms with E-state index in [4.69, 9.17) is 5.73 Å². The Morgan fingerprint density at radius 2 is 2.23 bits per heavy atom. The third-order valence-corrected chi connectivity index (χ3v) is 1.68. The maximum Gasteiger partial charge on any atom is 0.150 e. The fraction of sp³-hybridized carbons (Fsp3) is 0.500. The Morgan fingerprint density at radius 1 is 1.54 bits per heavy atom. The molecule has 2 rings (SSSR count). The number of imidazole rings is 1. The number of aryl methyl sites for hydroxylation is 1. The molecule has 1 aliphatic heterocycles. The lowest BCUT2D eigenvalue weighted by Crippen LogP contribution is -2.23. The van der Waals surface area contributed by atoms with Crippen LogP contribution >= 0.6 is 0 Å². The molecule has 1 aromatic heterocycles. The average Bonchev–Trinajstić information content (AvgIpc) is 2.53. The second-order valence-electron chi connectivity index (χ2n) is 2.43.